The molecule has 20 heavy (non-hydrogen) atoms. The highest BCUT2D eigenvalue weighted by molar-refractivity contribution is 6.29. The summed E-state index contributed by atoms with van der Waals surface area (Å²) < 4.78 is 38.2. The minimum Gasteiger partial charge on any atom is -0.260 e. The molecule has 4 nitrogen and oxygen atoms in total. The first-order valence-electron chi connectivity index (χ1n) is 5.41. The van der Waals surface area contributed by atoms with Gasteiger partial charge in [-0.1, -0.05) is 29.8 Å². The van der Waals surface area contributed by atoms with Crippen LogP contribution < -0.4 is 5.43 Å². The largest absolute Gasteiger partial charge is 0.417 e. The van der Waals surface area contributed by atoms with E-state index in [0.717, 1.165) is 12.3 Å². The van der Waals surface area contributed by atoms with Crippen LogP contribution in [0.25, 0.3) is 0 Å². The Hall–Kier alpha value is -2.15. The summed E-state index contributed by atoms with van der Waals surface area (Å²) in [5, 5.41) is 11.1. The van der Waals surface area contributed by atoms with E-state index < -0.39 is 11.7 Å². The first-order chi connectivity index (χ1) is 9.47. The molecule has 0 fully saturated rings. The maximum absolute atomic E-state index is 12.7. The zero-order valence-electron chi connectivity index (χ0n) is 9.89. The fraction of sp³-hybridized carbons (Fsp3) is 0.0833. The first kappa shape index (κ1) is 14.3. The zero-order chi connectivity index (χ0) is 14.6. The lowest BCUT2D eigenvalue weighted by molar-refractivity contribution is -0.137. The van der Waals surface area contributed by atoms with Crippen molar-refractivity contribution < 1.29 is 13.2 Å². The van der Waals surface area contributed by atoms with Gasteiger partial charge in [-0.2, -0.15) is 18.3 Å². The number of nitrogens with one attached hydrogen (secondary N) is 1. The van der Waals surface area contributed by atoms with Crippen molar-refractivity contribution in [1.29, 1.82) is 0 Å². The SMILES string of the molecule is FC(F)(F)c1ccccc1/C=N/Nc1ccc(Cl)nn1. The summed E-state index contributed by atoms with van der Waals surface area (Å²) in [5.41, 5.74) is 1.67. The van der Waals surface area contributed by atoms with Gasteiger partial charge in [-0.3, -0.25) is 5.43 Å². The Balaban J connectivity index is 2.14. The van der Waals surface area contributed by atoms with Crippen molar-refractivity contribution in [1.82, 2.24) is 10.2 Å². The lowest BCUT2D eigenvalue weighted by atomic mass is 10.1. The van der Waals surface area contributed by atoms with Crippen LogP contribution in [-0.4, -0.2) is 16.4 Å². The normalized spacial score (nSPS) is 11.8. The van der Waals surface area contributed by atoms with Crippen molar-refractivity contribution in [2.75, 3.05) is 5.43 Å². The molecule has 1 aromatic heterocycles. The Morgan fingerprint density at radius 3 is 2.50 bits per heavy atom. The molecular formula is C12H8ClF3N4. The first-order valence-corrected chi connectivity index (χ1v) is 5.79. The van der Waals surface area contributed by atoms with Crippen molar-refractivity contribution in [3.8, 4) is 0 Å². The van der Waals surface area contributed by atoms with Gasteiger partial charge in [-0.05, 0) is 18.2 Å². The van der Waals surface area contributed by atoms with E-state index in [4.69, 9.17) is 11.6 Å². The van der Waals surface area contributed by atoms with Crippen LogP contribution in [0.4, 0.5) is 19.0 Å². The third kappa shape index (κ3) is 3.67. The van der Waals surface area contributed by atoms with Crippen LogP contribution in [0.5, 0.6) is 0 Å². The van der Waals surface area contributed by atoms with E-state index in [1.165, 1.54) is 30.3 Å². The highest BCUT2D eigenvalue weighted by atomic mass is 35.5. The second-order valence-corrected chi connectivity index (χ2v) is 4.08. The molecule has 0 aliphatic heterocycles. The van der Waals surface area contributed by atoms with Gasteiger partial charge in [0.25, 0.3) is 0 Å². The van der Waals surface area contributed by atoms with E-state index in [9.17, 15) is 13.2 Å². The number of rotatable bonds is 3. The van der Waals surface area contributed by atoms with Crippen molar-refractivity contribution >= 4 is 23.6 Å². The number of nitrogens with zero attached hydrogens (tertiary/aromatic N) is 3. The summed E-state index contributed by atoms with van der Waals surface area (Å²) >= 11 is 5.55. The molecule has 2 aromatic rings. The number of aromatic nitrogens is 2. The third-order valence-electron chi connectivity index (χ3n) is 2.28. The molecule has 1 heterocycles. The lowest BCUT2D eigenvalue weighted by Crippen LogP contribution is -2.09. The maximum atomic E-state index is 12.7. The van der Waals surface area contributed by atoms with Crippen molar-refractivity contribution in [2.24, 2.45) is 5.10 Å². The highest BCUT2D eigenvalue weighted by Crippen LogP contribution is 2.31. The van der Waals surface area contributed by atoms with Gasteiger partial charge < -0.3 is 0 Å². The highest BCUT2D eigenvalue weighted by Gasteiger charge is 2.32. The standard InChI is InChI=1S/C12H8ClF3N4/c13-10-5-6-11(20-18-10)19-17-7-8-3-1-2-4-9(8)12(14,15)16/h1-7H,(H,19,20)/b17-7+. The average Bonchev–Trinajstić information content (AvgIpc) is 2.40. The van der Waals surface area contributed by atoms with Crippen LogP contribution in [0.1, 0.15) is 11.1 Å². The van der Waals surface area contributed by atoms with E-state index >= 15 is 0 Å². The Morgan fingerprint density at radius 2 is 1.85 bits per heavy atom. The van der Waals surface area contributed by atoms with E-state index in [1.807, 2.05) is 0 Å². The number of benzene rings is 1. The Labute approximate surface area is 117 Å². The number of hydrazone groups is 1. The predicted molar refractivity (Wildman–Crippen MR) is 69.7 cm³/mol. The van der Waals surface area contributed by atoms with Crippen LogP contribution in [0, 0.1) is 0 Å². The van der Waals surface area contributed by atoms with Gasteiger partial charge in [0.15, 0.2) is 11.0 Å². The quantitative estimate of drug-likeness (QED) is 0.696. The molecule has 104 valence electrons. The smallest absolute Gasteiger partial charge is 0.260 e. The summed E-state index contributed by atoms with van der Waals surface area (Å²) in [7, 11) is 0. The van der Waals surface area contributed by atoms with E-state index in [-0.39, 0.29) is 16.5 Å². The van der Waals surface area contributed by atoms with Gasteiger partial charge in [-0.15, -0.1) is 10.2 Å². The Bertz CT molecular complexity index is 611. The van der Waals surface area contributed by atoms with Gasteiger partial charge in [0.1, 0.15) is 0 Å². The summed E-state index contributed by atoms with van der Waals surface area (Å²) in [6.45, 7) is 0. The van der Waals surface area contributed by atoms with Crippen molar-refractivity contribution in [3.05, 3.63) is 52.7 Å². The van der Waals surface area contributed by atoms with Gasteiger partial charge in [-0.25, -0.2) is 0 Å². The maximum Gasteiger partial charge on any atom is 0.417 e. The molecule has 0 amide bonds. The predicted octanol–water partition coefficient (Wildman–Crippen LogP) is 3.59. The summed E-state index contributed by atoms with van der Waals surface area (Å²) in [4.78, 5) is 0. The second-order valence-electron chi connectivity index (χ2n) is 3.70. The lowest BCUT2D eigenvalue weighted by Gasteiger charge is -2.09. The number of alkyl halides is 3. The molecule has 0 spiro atoms. The molecule has 0 aliphatic carbocycles. The van der Waals surface area contributed by atoms with Crippen molar-refractivity contribution in [3.63, 3.8) is 0 Å². The van der Waals surface area contributed by atoms with Gasteiger partial charge in [0.2, 0.25) is 0 Å². The van der Waals surface area contributed by atoms with E-state index in [2.05, 4.69) is 20.7 Å². The number of halogens is 4. The van der Waals surface area contributed by atoms with Gasteiger partial charge in [0.05, 0.1) is 11.8 Å². The minimum absolute atomic E-state index is 0.0468. The van der Waals surface area contributed by atoms with Crippen LogP contribution in [0.2, 0.25) is 5.15 Å². The second kappa shape index (κ2) is 5.87. The Kier molecular flexibility index (Phi) is 4.19. The molecule has 0 radical (unpaired) electrons. The van der Waals surface area contributed by atoms with Crippen molar-refractivity contribution in [2.45, 2.75) is 6.18 Å². The molecule has 8 heteroatoms. The van der Waals surface area contributed by atoms with Crippen LogP contribution >= 0.6 is 11.6 Å². The van der Waals surface area contributed by atoms with Gasteiger partial charge in [0, 0.05) is 5.56 Å². The number of hydrogen-bond donors (Lipinski definition) is 1. The monoisotopic (exact) mass is 300 g/mol. The molecular weight excluding hydrogens is 293 g/mol. The van der Waals surface area contributed by atoms with Crippen LogP contribution in [0.3, 0.4) is 0 Å². The fourth-order valence-corrected chi connectivity index (χ4v) is 1.51. The van der Waals surface area contributed by atoms with E-state index in [1.54, 1.807) is 0 Å². The average molecular weight is 301 g/mol. The van der Waals surface area contributed by atoms with Crippen LogP contribution in [-0.2, 0) is 6.18 Å². The van der Waals surface area contributed by atoms with E-state index in [0.29, 0.717) is 0 Å². The summed E-state index contributed by atoms with van der Waals surface area (Å²) in [6.07, 6.45) is -3.36. The molecule has 0 saturated carbocycles. The minimum atomic E-state index is -4.43. The molecule has 0 atom stereocenters. The fourth-order valence-electron chi connectivity index (χ4n) is 1.41. The summed E-state index contributed by atoms with van der Waals surface area (Å²) in [5.74, 6) is 0.273. The topological polar surface area (TPSA) is 50.2 Å². The van der Waals surface area contributed by atoms with Crippen LogP contribution in [0.15, 0.2) is 41.5 Å². The molecule has 1 aromatic carbocycles. The van der Waals surface area contributed by atoms with Gasteiger partial charge >= 0.3 is 6.18 Å². The number of hydrogen-bond acceptors (Lipinski definition) is 4. The Morgan fingerprint density at radius 1 is 1.10 bits per heavy atom. The molecule has 0 aliphatic rings. The molecule has 1 N–H and O–H groups in total. The zero-order valence-corrected chi connectivity index (χ0v) is 10.7. The third-order valence-corrected chi connectivity index (χ3v) is 2.48. The molecule has 2 rings (SSSR count). The molecule has 0 saturated heterocycles. The summed E-state index contributed by atoms with van der Waals surface area (Å²) in [6, 6.07) is 8.11. The number of anilines is 1. The molecule has 0 bridgehead atoms. The molecule has 0 unspecified atom stereocenters.